The maximum absolute atomic E-state index is 12.5. The van der Waals surface area contributed by atoms with Crippen LogP contribution in [0.3, 0.4) is 0 Å². The molecule has 4 rings (SSSR count). The van der Waals surface area contributed by atoms with Gasteiger partial charge >= 0.3 is 0 Å². The maximum Gasteiger partial charge on any atom is 0.233 e. The summed E-state index contributed by atoms with van der Waals surface area (Å²) in [6.07, 6.45) is 2.32. The van der Waals surface area contributed by atoms with Gasteiger partial charge in [0.1, 0.15) is 0 Å². The van der Waals surface area contributed by atoms with E-state index in [0.717, 1.165) is 28.7 Å². The second kappa shape index (κ2) is 7.54. The van der Waals surface area contributed by atoms with Crippen molar-refractivity contribution in [2.75, 3.05) is 12.8 Å². The molecule has 3 aromatic rings. The minimum Gasteiger partial charge on any atom is -0.340 e. The van der Waals surface area contributed by atoms with Crippen molar-refractivity contribution in [3.05, 3.63) is 39.4 Å². The summed E-state index contributed by atoms with van der Waals surface area (Å²) in [4.78, 5) is 16.7. The van der Waals surface area contributed by atoms with Gasteiger partial charge in [-0.05, 0) is 48.2 Å². The molecular formula is C18H20N4OS3. The van der Waals surface area contributed by atoms with Crippen molar-refractivity contribution >= 4 is 40.3 Å². The Morgan fingerprint density at radius 1 is 1.31 bits per heavy atom. The van der Waals surface area contributed by atoms with Crippen molar-refractivity contribution in [1.82, 2.24) is 19.7 Å². The molecule has 0 atom stereocenters. The lowest BCUT2D eigenvalue weighted by molar-refractivity contribution is -0.127. The summed E-state index contributed by atoms with van der Waals surface area (Å²) in [6.45, 7) is 2.75. The summed E-state index contributed by atoms with van der Waals surface area (Å²) in [5.41, 5.74) is 1.25. The Morgan fingerprint density at radius 2 is 2.15 bits per heavy atom. The molecule has 0 bridgehead atoms. The Kier molecular flexibility index (Phi) is 5.15. The van der Waals surface area contributed by atoms with Gasteiger partial charge in [0.15, 0.2) is 11.0 Å². The number of hydrogen-bond acceptors (Lipinski definition) is 6. The molecule has 0 unspecified atom stereocenters. The molecule has 8 heteroatoms. The van der Waals surface area contributed by atoms with Crippen LogP contribution in [0.5, 0.6) is 0 Å². The third-order valence-electron chi connectivity index (χ3n) is 4.42. The van der Waals surface area contributed by atoms with Crippen LogP contribution in [0.25, 0.3) is 10.7 Å². The van der Waals surface area contributed by atoms with Crippen LogP contribution in [0.2, 0.25) is 0 Å². The van der Waals surface area contributed by atoms with E-state index in [0.29, 0.717) is 18.3 Å². The van der Waals surface area contributed by atoms with E-state index in [9.17, 15) is 4.79 Å². The largest absolute Gasteiger partial charge is 0.340 e. The highest BCUT2D eigenvalue weighted by molar-refractivity contribution is 7.99. The highest BCUT2D eigenvalue weighted by Gasteiger charge is 2.30. The minimum absolute atomic E-state index is 0.117. The molecule has 5 nitrogen and oxygen atoms in total. The zero-order chi connectivity index (χ0) is 18.1. The Bertz CT molecular complexity index is 896. The van der Waals surface area contributed by atoms with E-state index in [1.807, 2.05) is 13.1 Å². The number of thiophene rings is 2. The number of aryl methyl sites for hydroxylation is 1. The van der Waals surface area contributed by atoms with Gasteiger partial charge in [0.05, 0.1) is 17.2 Å². The number of nitrogens with zero attached hydrogens (tertiary/aromatic N) is 4. The number of amides is 1. The molecule has 1 aliphatic rings. The molecule has 0 spiro atoms. The third kappa shape index (κ3) is 3.72. The van der Waals surface area contributed by atoms with E-state index in [4.69, 9.17) is 0 Å². The van der Waals surface area contributed by atoms with Crippen LogP contribution >= 0.6 is 34.4 Å². The molecule has 0 saturated heterocycles. The van der Waals surface area contributed by atoms with Gasteiger partial charge in [0, 0.05) is 18.0 Å². The van der Waals surface area contributed by atoms with E-state index < -0.39 is 0 Å². The SMILES string of the molecule is Cc1ccsc1CN(C)C(=O)CSc1nnc(-c2cccs2)n1C1CC1. The van der Waals surface area contributed by atoms with Gasteiger partial charge in [-0.1, -0.05) is 17.8 Å². The van der Waals surface area contributed by atoms with E-state index in [1.165, 1.54) is 22.2 Å². The van der Waals surface area contributed by atoms with Gasteiger partial charge in [-0.15, -0.1) is 32.9 Å². The highest BCUT2D eigenvalue weighted by Crippen LogP contribution is 2.41. The van der Waals surface area contributed by atoms with Crippen molar-refractivity contribution in [3.8, 4) is 10.7 Å². The first kappa shape index (κ1) is 17.8. The van der Waals surface area contributed by atoms with Crippen molar-refractivity contribution in [2.24, 2.45) is 0 Å². The molecule has 0 radical (unpaired) electrons. The Labute approximate surface area is 165 Å². The summed E-state index contributed by atoms with van der Waals surface area (Å²) >= 11 is 4.87. The molecule has 1 amide bonds. The van der Waals surface area contributed by atoms with E-state index in [-0.39, 0.29) is 5.91 Å². The average Bonchev–Trinajstić information content (AvgIpc) is 3.02. The van der Waals surface area contributed by atoms with Gasteiger partial charge in [0.25, 0.3) is 0 Å². The third-order valence-corrected chi connectivity index (χ3v) is 7.22. The first-order valence-corrected chi connectivity index (χ1v) is 11.3. The van der Waals surface area contributed by atoms with Crippen LogP contribution in [0.4, 0.5) is 0 Å². The number of carbonyl (C=O) groups is 1. The van der Waals surface area contributed by atoms with Crippen molar-refractivity contribution in [3.63, 3.8) is 0 Å². The molecule has 26 heavy (non-hydrogen) atoms. The van der Waals surface area contributed by atoms with E-state index in [2.05, 4.69) is 44.6 Å². The van der Waals surface area contributed by atoms with Crippen LogP contribution < -0.4 is 0 Å². The fourth-order valence-electron chi connectivity index (χ4n) is 2.72. The summed E-state index contributed by atoms with van der Waals surface area (Å²) < 4.78 is 2.22. The Hall–Kier alpha value is -1.64. The minimum atomic E-state index is 0.117. The van der Waals surface area contributed by atoms with Crippen LogP contribution in [0.15, 0.2) is 34.1 Å². The first-order chi connectivity index (χ1) is 12.6. The van der Waals surface area contributed by atoms with Gasteiger partial charge in [-0.3, -0.25) is 9.36 Å². The molecule has 3 aromatic heterocycles. The highest BCUT2D eigenvalue weighted by atomic mass is 32.2. The standard InChI is InChI=1S/C18H20N4OS3/c1-12-7-9-25-15(12)10-21(2)16(23)11-26-18-20-19-17(14-4-3-8-24-14)22(18)13-5-6-13/h3-4,7-9,13H,5-6,10-11H2,1-2H3. The average molecular weight is 405 g/mol. The first-order valence-electron chi connectivity index (χ1n) is 8.52. The fraction of sp³-hybridized carbons (Fsp3) is 0.389. The van der Waals surface area contributed by atoms with E-state index >= 15 is 0 Å². The van der Waals surface area contributed by atoms with Crippen LogP contribution in [0.1, 0.15) is 29.3 Å². The van der Waals surface area contributed by atoms with Crippen LogP contribution in [0, 0.1) is 6.92 Å². The molecule has 0 N–H and O–H groups in total. The van der Waals surface area contributed by atoms with E-state index in [1.54, 1.807) is 27.6 Å². The number of rotatable bonds is 7. The number of aromatic nitrogens is 3. The van der Waals surface area contributed by atoms with Crippen molar-refractivity contribution in [2.45, 2.75) is 37.5 Å². The molecule has 1 saturated carbocycles. The molecule has 1 aliphatic carbocycles. The zero-order valence-corrected chi connectivity index (χ0v) is 17.2. The smallest absolute Gasteiger partial charge is 0.233 e. The fourth-order valence-corrected chi connectivity index (χ4v) is 5.33. The lowest BCUT2D eigenvalue weighted by Crippen LogP contribution is -2.27. The zero-order valence-electron chi connectivity index (χ0n) is 14.7. The summed E-state index contributed by atoms with van der Waals surface area (Å²) in [5, 5.41) is 13.7. The van der Waals surface area contributed by atoms with Crippen LogP contribution in [-0.2, 0) is 11.3 Å². The second-order valence-electron chi connectivity index (χ2n) is 6.45. The van der Waals surface area contributed by atoms with Gasteiger partial charge < -0.3 is 4.90 Å². The molecule has 0 aliphatic heterocycles. The lowest BCUT2D eigenvalue weighted by Gasteiger charge is -2.16. The number of thioether (sulfide) groups is 1. The topological polar surface area (TPSA) is 51.0 Å². The summed E-state index contributed by atoms with van der Waals surface area (Å²) in [5.74, 6) is 1.43. The Morgan fingerprint density at radius 3 is 2.81 bits per heavy atom. The van der Waals surface area contributed by atoms with Gasteiger partial charge in [-0.2, -0.15) is 0 Å². The van der Waals surface area contributed by atoms with Crippen molar-refractivity contribution < 1.29 is 4.79 Å². The monoisotopic (exact) mass is 404 g/mol. The van der Waals surface area contributed by atoms with Gasteiger partial charge in [-0.25, -0.2) is 0 Å². The predicted molar refractivity (Wildman–Crippen MR) is 108 cm³/mol. The lowest BCUT2D eigenvalue weighted by atomic mass is 10.3. The summed E-state index contributed by atoms with van der Waals surface area (Å²) in [7, 11) is 1.87. The quantitative estimate of drug-likeness (QED) is 0.546. The second-order valence-corrected chi connectivity index (χ2v) is 9.34. The summed E-state index contributed by atoms with van der Waals surface area (Å²) in [6, 6.07) is 6.68. The molecule has 1 fully saturated rings. The normalized spacial score (nSPS) is 13.9. The number of carbonyl (C=O) groups excluding carboxylic acids is 1. The molecular weight excluding hydrogens is 384 g/mol. The Balaban J connectivity index is 1.43. The molecule has 3 heterocycles. The molecule has 136 valence electrons. The number of hydrogen-bond donors (Lipinski definition) is 0. The molecule has 0 aromatic carbocycles. The van der Waals surface area contributed by atoms with Crippen LogP contribution in [-0.4, -0.2) is 38.4 Å². The predicted octanol–water partition coefficient (Wildman–Crippen LogP) is 4.46. The van der Waals surface area contributed by atoms with Gasteiger partial charge in [0.2, 0.25) is 5.91 Å². The van der Waals surface area contributed by atoms with Crippen molar-refractivity contribution in [1.29, 1.82) is 0 Å². The maximum atomic E-state index is 12.5.